The largest absolute Gasteiger partial charge is 0.316 e. The van der Waals surface area contributed by atoms with Crippen LogP contribution in [-0.4, -0.2) is 26.2 Å². The van der Waals surface area contributed by atoms with Crippen LogP contribution in [-0.2, 0) is 10.8 Å². The maximum Gasteiger partial charge on any atom is 0.0463 e. The molecule has 2 heteroatoms. The maximum atomic E-state index is 3.64. The summed E-state index contributed by atoms with van der Waals surface area (Å²) in [5.41, 5.74) is 7.39. The Morgan fingerprint density at radius 3 is 2.00 bits per heavy atom. The van der Waals surface area contributed by atoms with E-state index in [1.165, 1.54) is 27.8 Å². The molecule has 0 radical (unpaired) electrons. The molecule has 1 aliphatic carbocycles. The average molecular weight is 337 g/mol. The van der Waals surface area contributed by atoms with Gasteiger partial charge in [-0.3, -0.25) is 0 Å². The van der Waals surface area contributed by atoms with E-state index in [-0.39, 0.29) is 10.8 Å². The van der Waals surface area contributed by atoms with E-state index >= 15 is 0 Å². The highest BCUT2D eigenvalue weighted by atomic mass is 14.9. The first-order valence-corrected chi connectivity index (χ1v) is 9.61. The lowest BCUT2D eigenvalue weighted by Gasteiger charge is -2.33. The van der Waals surface area contributed by atoms with Gasteiger partial charge in [-0.2, -0.15) is 0 Å². The van der Waals surface area contributed by atoms with E-state index in [2.05, 4.69) is 87.7 Å². The number of benzene rings is 2. The molecule has 0 fully saturated rings. The lowest BCUT2D eigenvalue weighted by Crippen LogP contribution is -2.45. The molecule has 0 saturated heterocycles. The molecule has 2 nitrogen and oxygen atoms in total. The Bertz CT molecular complexity index is 732. The molecule has 0 aliphatic heterocycles. The van der Waals surface area contributed by atoms with Gasteiger partial charge in [0.2, 0.25) is 0 Å². The third-order valence-corrected chi connectivity index (χ3v) is 5.45. The van der Waals surface area contributed by atoms with Gasteiger partial charge in [0.15, 0.2) is 0 Å². The predicted octanol–water partition coefficient (Wildman–Crippen LogP) is 4.47. The van der Waals surface area contributed by atoms with E-state index in [0.29, 0.717) is 0 Å². The molecule has 0 aromatic heterocycles. The quantitative estimate of drug-likeness (QED) is 0.813. The molecule has 1 aliphatic rings. The van der Waals surface area contributed by atoms with Crippen molar-refractivity contribution >= 4 is 0 Å². The molecule has 0 bridgehead atoms. The molecule has 0 spiro atoms. The lowest BCUT2D eigenvalue weighted by atomic mass is 9.76. The molecule has 2 aromatic carbocycles. The van der Waals surface area contributed by atoms with E-state index in [9.17, 15) is 0 Å². The molecule has 134 valence electrons. The van der Waals surface area contributed by atoms with Crippen molar-refractivity contribution in [2.24, 2.45) is 0 Å². The molecule has 0 unspecified atom stereocenters. The number of fused-ring (bicyclic) bond motifs is 3. The Morgan fingerprint density at radius 2 is 1.40 bits per heavy atom. The van der Waals surface area contributed by atoms with Crippen LogP contribution in [0.15, 0.2) is 42.5 Å². The normalized spacial score (nSPS) is 15.1. The minimum absolute atomic E-state index is 0.000787. The second-order valence-corrected chi connectivity index (χ2v) is 8.17. The molecular formula is C23H32N2. The van der Waals surface area contributed by atoms with Crippen LogP contribution in [0.4, 0.5) is 0 Å². The van der Waals surface area contributed by atoms with Crippen molar-refractivity contribution in [1.82, 2.24) is 10.6 Å². The van der Waals surface area contributed by atoms with Crippen LogP contribution < -0.4 is 10.6 Å². The van der Waals surface area contributed by atoms with Gasteiger partial charge in [-0.15, -0.1) is 0 Å². The summed E-state index contributed by atoms with van der Waals surface area (Å²) in [6.07, 6.45) is 0. The maximum absolute atomic E-state index is 3.64. The van der Waals surface area contributed by atoms with E-state index in [1.807, 2.05) is 0 Å². The van der Waals surface area contributed by atoms with Crippen LogP contribution in [0.2, 0.25) is 0 Å². The van der Waals surface area contributed by atoms with Crippen molar-refractivity contribution < 1.29 is 0 Å². The molecule has 0 heterocycles. The predicted molar refractivity (Wildman–Crippen MR) is 108 cm³/mol. The SMILES string of the molecule is CCNCC1(CNCC)c2ccccc2-c2c(C(C)(C)C)cccc21. The van der Waals surface area contributed by atoms with Crippen LogP contribution in [0.25, 0.3) is 11.1 Å². The van der Waals surface area contributed by atoms with E-state index in [4.69, 9.17) is 0 Å². The fraction of sp³-hybridized carbons (Fsp3) is 0.478. The highest BCUT2D eigenvalue weighted by Crippen LogP contribution is 2.51. The monoisotopic (exact) mass is 336 g/mol. The summed E-state index contributed by atoms with van der Waals surface area (Å²) in [6, 6.07) is 15.9. The van der Waals surface area contributed by atoms with Crippen molar-refractivity contribution in [3.63, 3.8) is 0 Å². The van der Waals surface area contributed by atoms with Crippen molar-refractivity contribution in [3.8, 4) is 11.1 Å². The van der Waals surface area contributed by atoms with E-state index < -0.39 is 0 Å². The Labute approximate surface area is 153 Å². The summed E-state index contributed by atoms with van der Waals surface area (Å²) >= 11 is 0. The van der Waals surface area contributed by atoms with Crippen LogP contribution in [0.3, 0.4) is 0 Å². The summed E-state index contributed by atoms with van der Waals surface area (Å²) in [7, 11) is 0. The molecule has 0 amide bonds. The molecule has 2 aromatic rings. The van der Waals surface area contributed by atoms with Gasteiger partial charge < -0.3 is 10.6 Å². The summed E-state index contributed by atoms with van der Waals surface area (Å²) in [6.45, 7) is 15.2. The number of nitrogens with one attached hydrogen (secondary N) is 2. The van der Waals surface area contributed by atoms with Crippen LogP contribution in [0.5, 0.6) is 0 Å². The minimum atomic E-state index is -0.000787. The van der Waals surface area contributed by atoms with Crippen molar-refractivity contribution in [2.45, 2.75) is 45.4 Å². The summed E-state index contributed by atoms with van der Waals surface area (Å²) in [5.74, 6) is 0. The van der Waals surface area contributed by atoms with Gasteiger partial charge in [0.05, 0.1) is 0 Å². The van der Waals surface area contributed by atoms with Crippen LogP contribution in [0, 0.1) is 0 Å². The van der Waals surface area contributed by atoms with E-state index in [1.54, 1.807) is 0 Å². The van der Waals surface area contributed by atoms with Gasteiger partial charge in [0, 0.05) is 18.5 Å². The third kappa shape index (κ3) is 3.02. The lowest BCUT2D eigenvalue weighted by molar-refractivity contribution is 0.448. The Morgan fingerprint density at radius 1 is 0.800 bits per heavy atom. The van der Waals surface area contributed by atoms with Gasteiger partial charge in [-0.1, -0.05) is 77.1 Å². The van der Waals surface area contributed by atoms with E-state index in [0.717, 1.165) is 26.2 Å². The fourth-order valence-corrected chi connectivity index (χ4v) is 4.25. The first-order chi connectivity index (χ1) is 12.0. The van der Waals surface area contributed by atoms with Gasteiger partial charge >= 0.3 is 0 Å². The smallest absolute Gasteiger partial charge is 0.0463 e. The zero-order chi connectivity index (χ0) is 18.1. The van der Waals surface area contributed by atoms with Gasteiger partial charge in [0.1, 0.15) is 0 Å². The number of hydrogen-bond acceptors (Lipinski definition) is 2. The summed E-state index contributed by atoms with van der Waals surface area (Å²) < 4.78 is 0. The second kappa shape index (κ2) is 6.93. The first-order valence-electron chi connectivity index (χ1n) is 9.61. The van der Waals surface area contributed by atoms with Gasteiger partial charge in [-0.25, -0.2) is 0 Å². The number of rotatable bonds is 6. The molecule has 0 atom stereocenters. The topological polar surface area (TPSA) is 24.1 Å². The third-order valence-electron chi connectivity index (χ3n) is 5.45. The van der Waals surface area contributed by atoms with Crippen molar-refractivity contribution in [2.75, 3.05) is 26.2 Å². The van der Waals surface area contributed by atoms with Crippen molar-refractivity contribution in [3.05, 3.63) is 59.2 Å². The Balaban J connectivity index is 2.29. The van der Waals surface area contributed by atoms with Crippen LogP contribution in [0.1, 0.15) is 51.3 Å². The van der Waals surface area contributed by atoms with Gasteiger partial charge in [0.25, 0.3) is 0 Å². The molecule has 3 rings (SSSR count). The highest BCUT2D eigenvalue weighted by molar-refractivity contribution is 5.84. The summed E-state index contributed by atoms with van der Waals surface area (Å²) in [5, 5.41) is 7.28. The minimum Gasteiger partial charge on any atom is -0.316 e. The number of hydrogen-bond donors (Lipinski definition) is 2. The standard InChI is InChI=1S/C23H32N2/c1-6-24-15-23(16-25-7-2)18-12-9-8-11-17(18)21-19(22(3,4)5)13-10-14-20(21)23/h8-14,24-25H,6-7,15-16H2,1-5H3. The fourth-order valence-electron chi connectivity index (χ4n) is 4.25. The Kier molecular flexibility index (Phi) is 5.04. The Hall–Kier alpha value is -1.64. The molecule has 2 N–H and O–H groups in total. The zero-order valence-corrected chi connectivity index (χ0v) is 16.4. The molecule has 25 heavy (non-hydrogen) atoms. The summed E-state index contributed by atoms with van der Waals surface area (Å²) in [4.78, 5) is 0. The molecular weight excluding hydrogens is 304 g/mol. The highest BCUT2D eigenvalue weighted by Gasteiger charge is 2.44. The first kappa shape index (κ1) is 18.2. The number of likely N-dealkylation sites (N-methyl/N-ethyl adjacent to an activating group) is 2. The average Bonchev–Trinajstić information content (AvgIpc) is 2.88. The zero-order valence-electron chi connectivity index (χ0n) is 16.4. The second-order valence-electron chi connectivity index (χ2n) is 8.17. The molecule has 0 saturated carbocycles. The van der Waals surface area contributed by atoms with Gasteiger partial charge in [-0.05, 0) is 46.3 Å². The van der Waals surface area contributed by atoms with Crippen LogP contribution >= 0.6 is 0 Å². The van der Waals surface area contributed by atoms with Crippen molar-refractivity contribution in [1.29, 1.82) is 0 Å².